The second-order valence-corrected chi connectivity index (χ2v) is 6.76. The Morgan fingerprint density at radius 1 is 1.03 bits per heavy atom. The largest absolute Gasteiger partial charge is 0.379 e. The summed E-state index contributed by atoms with van der Waals surface area (Å²) in [6, 6.07) is 9.95. The van der Waals surface area contributed by atoms with Crippen LogP contribution in [0.25, 0.3) is 11.1 Å². The Balaban J connectivity index is 1.40. The van der Waals surface area contributed by atoms with Crippen molar-refractivity contribution in [1.29, 1.82) is 0 Å². The molecule has 2 N–H and O–H groups in total. The lowest BCUT2D eigenvalue weighted by molar-refractivity contribution is -0.115. The number of hydrogen-bond acceptors (Lipinski definition) is 6. The molecule has 0 fully saturated rings. The van der Waals surface area contributed by atoms with E-state index in [4.69, 9.17) is 14.2 Å². The molecule has 7 nitrogen and oxygen atoms in total. The summed E-state index contributed by atoms with van der Waals surface area (Å²) in [6.07, 6.45) is 3.23. The van der Waals surface area contributed by atoms with E-state index in [1.807, 2.05) is 30.3 Å². The van der Waals surface area contributed by atoms with Gasteiger partial charge in [0.2, 0.25) is 5.91 Å². The first-order chi connectivity index (χ1) is 14.3. The first-order valence-electron chi connectivity index (χ1n) is 10.1. The smallest absolute Gasteiger partial charge is 0.228 e. The molecule has 1 aliphatic heterocycles. The molecule has 29 heavy (non-hydrogen) atoms. The Bertz CT molecular complexity index is 797. The maximum absolute atomic E-state index is 11.6. The molecule has 2 heterocycles. The molecule has 2 aromatic rings. The Hall–Kier alpha value is -2.48. The molecule has 0 aliphatic carbocycles. The molecule has 1 aromatic carbocycles. The molecule has 0 spiro atoms. The number of carbonyl (C=O) groups is 1. The molecule has 0 saturated carbocycles. The Morgan fingerprint density at radius 2 is 1.79 bits per heavy atom. The van der Waals surface area contributed by atoms with Crippen LogP contribution in [0.5, 0.6) is 0 Å². The summed E-state index contributed by atoms with van der Waals surface area (Å²) >= 11 is 0. The van der Waals surface area contributed by atoms with Gasteiger partial charge < -0.3 is 24.8 Å². The Kier molecular flexibility index (Phi) is 8.42. The molecule has 1 aromatic heterocycles. The van der Waals surface area contributed by atoms with Gasteiger partial charge in [0.1, 0.15) is 5.82 Å². The summed E-state index contributed by atoms with van der Waals surface area (Å²) < 4.78 is 16.4. The SMILES string of the molecule is CCCOCCOCCOCCNc1ncccc1-c1ccc2c(c1)NC(=O)C2. The van der Waals surface area contributed by atoms with E-state index in [0.29, 0.717) is 46.0 Å². The fourth-order valence-corrected chi connectivity index (χ4v) is 3.09. The maximum Gasteiger partial charge on any atom is 0.228 e. The van der Waals surface area contributed by atoms with E-state index in [-0.39, 0.29) is 5.91 Å². The third-order valence-corrected chi connectivity index (χ3v) is 4.49. The van der Waals surface area contributed by atoms with Gasteiger partial charge in [-0.2, -0.15) is 0 Å². The topological polar surface area (TPSA) is 81.7 Å². The van der Waals surface area contributed by atoms with Crippen molar-refractivity contribution in [3.8, 4) is 11.1 Å². The second-order valence-electron chi connectivity index (χ2n) is 6.76. The molecular weight excluding hydrogens is 370 g/mol. The van der Waals surface area contributed by atoms with E-state index in [1.165, 1.54) is 0 Å². The number of carbonyl (C=O) groups excluding carboxylic acids is 1. The third kappa shape index (κ3) is 6.52. The number of benzene rings is 1. The number of rotatable bonds is 13. The van der Waals surface area contributed by atoms with Gasteiger partial charge in [0, 0.05) is 30.6 Å². The summed E-state index contributed by atoms with van der Waals surface area (Å²) in [7, 11) is 0. The lowest BCUT2D eigenvalue weighted by Gasteiger charge is -2.12. The number of fused-ring (bicyclic) bond motifs is 1. The van der Waals surface area contributed by atoms with Gasteiger partial charge in [-0.25, -0.2) is 4.98 Å². The van der Waals surface area contributed by atoms with E-state index in [1.54, 1.807) is 6.20 Å². The van der Waals surface area contributed by atoms with Crippen LogP contribution in [0.2, 0.25) is 0 Å². The van der Waals surface area contributed by atoms with Crippen LogP contribution in [0.3, 0.4) is 0 Å². The summed E-state index contributed by atoms with van der Waals surface area (Å²) in [5, 5.41) is 6.23. The van der Waals surface area contributed by atoms with Gasteiger partial charge >= 0.3 is 0 Å². The number of anilines is 2. The lowest BCUT2D eigenvalue weighted by Crippen LogP contribution is -2.14. The molecule has 1 amide bonds. The van der Waals surface area contributed by atoms with E-state index < -0.39 is 0 Å². The minimum absolute atomic E-state index is 0.0382. The summed E-state index contributed by atoms with van der Waals surface area (Å²) in [6.45, 7) is 6.41. The van der Waals surface area contributed by atoms with E-state index in [0.717, 1.165) is 41.2 Å². The third-order valence-electron chi connectivity index (χ3n) is 4.49. The fourth-order valence-electron chi connectivity index (χ4n) is 3.09. The average molecular weight is 399 g/mol. The van der Waals surface area contributed by atoms with Crippen molar-refractivity contribution in [1.82, 2.24) is 4.98 Å². The van der Waals surface area contributed by atoms with Gasteiger partial charge in [0.05, 0.1) is 39.5 Å². The highest BCUT2D eigenvalue weighted by Gasteiger charge is 2.18. The van der Waals surface area contributed by atoms with Crippen LogP contribution in [0.15, 0.2) is 36.5 Å². The molecule has 156 valence electrons. The van der Waals surface area contributed by atoms with Gasteiger partial charge in [0.25, 0.3) is 0 Å². The van der Waals surface area contributed by atoms with E-state index in [2.05, 4.69) is 22.5 Å². The quantitative estimate of drug-likeness (QED) is 0.504. The zero-order valence-corrected chi connectivity index (χ0v) is 16.9. The molecule has 0 radical (unpaired) electrons. The molecule has 0 unspecified atom stereocenters. The summed E-state index contributed by atoms with van der Waals surface area (Å²) in [4.78, 5) is 16.0. The van der Waals surface area contributed by atoms with Crippen molar-refractivity contribution >= 4 is 17.4 Å². The first-order valence-corrected chi connectivity index (χ1v) is 10.1. The van der Waals surface area contributed by atoms with E-state index >= 15 is 0 Å². The van der Waals surface area contributed by atoms with Crippen LogP contribution < -0.4 is 10.6 Å². The molecule has 0 bridgehead atoms. The van der Waals surface area contributed by atoms with Crippen molar-refractivity contribution in [2.24, 2.45) is 0 Å². The van der Waals surface area contributed by atoms with Crippen LogP contribution in [0.4, 0.5) is 11.5 Å². The monoisotopic (exact) mass is 399 g/mol. The van der Waals surface area contributed by atoms with Crippen molar-refractivity contribution < 1.29 is 19.0 Å². The van der Waals surface area contributed by atoms with Crippen molar-refractivity contribution in [2.45, 2.75) is 19.8 Å². The normalized spacial score (nSPS) is 12.7. The van der Waals surface area contributed by atoms with Crippen molar-refractivity contribution in [2.75, 3.05) is 56.8 Å². The molecule has 0 saturated heterocycles. The number of nitrogens with one attached hydrogen (secondary N) is 2. The number of amides is 1. The van der Waals surface area contributed by atoms with Gasteiger partial charge in [-0.3, -0.25) is 4.79 Å². The minimum Gasteiger partial charge on any atom is -0.379 e. The standard InChI is InChI=1S/C22H29N3O4/c1-2-9-27-11-13-29-14-12-28-10-8-24-22-19(4-3-7-23-22)17-5-6-18-16-21(26)25-20(18)15-17/h3-7,15H,2,8-14,16H2,1H3,(H,23,24)(H,25,26). The molecule has 7 heteroatoms. The molecule has 0 atom stereocenters. The predicted molar refractivity (Wildman–Crippen MR) is 113 cm³/mol. The Morgan fingerprint density at radius 3 is 2.59 bits per heavy atom. The highest BCUT2D eigenvalue weighted by Crippen LogP contribution is 2.32. The van der Waals surface area contributed by atoms with E-state index in [9.17, 15) is 4.79 Å². The molecule has 3 rings (SSSR count). The average Bonchev–Trinajstić information content (AvgIpc) is 3.11. The van der Waals surface area contributed by atoms with Crippen molar-refractivity contribution in [3.05, 3.63) is 42.1 Å². The zero-order valence-electron chi connectivity index (χ0n) is 16.9. The molecule has 1 aliphatic rings. The van der Waals surface area contributed by atoms with Crippen molar-refractivity contribution in [3.63, 3.8) is 0 Å². The number of aromatic nitrogens is 1. The van der Waals surface area contributed by atoms with Crippen LogP contribution >= 0.6 is 0 Å². The number of pyridine rings is 1. The Labute approximate surface area is 171 Å². The van der Waals surface area contributed by atoms with Gasteiger partial charge in [-0.15, -0.1) is 0 Å². The van der Waals surface area contributed by atoms with Gasteiger partial charge in [0.15, 0.2) is 0 Å². The van der Waals surface area contributed by atoms with Gasteiger partial charge in [-0.05, 0) is 35.7 Å². The lowest BCUT2D eigenvalue weighted by atomic mass is 10.0. The summed E-state index contributed by atoms with van der Waals surface area (Å²) in [5.74, 6) is 0.834. The fraction of sp³-hybridized carbons (Fsp3) is 0.455. The number of ether oxygens (including phenoxy) is 3. The highest BCUT2D eigenvalue weighted by molar-refractivity contribution is 6.00. The number of nitrogens with zero attached hydrogens (tertiary/aromatic N) is 1. The maximum atomic E-state index is 11.6. The zero-order chi connectivity index (χ0) is 20.3. The molecular formula is C22H29N3O4. The van der Waals surface area contributed by atoms with Crippen LogP contribution in [0.1, 0.15) is 18.9 Å². The van der Waals surface area contributed by atoms with Crippen LogP contribution in [-0.2, 0) is 25.4 Å². The highest BCUT2D eigenvalue weighted by atomic mass is 16.5. The minimum atomic E-state index is 0.0382. The number of hydrogen-bond donors (Lipinski definition) is 2. The summed E-state index contributed by atoms with van der Waals surface area (Å²) in [5.41, 5.74) is 3.92. The predicted octanol–water partition coefficient (Wildman–Crippen LogP) is 3.11. The van der Waals surface area contributed by atoms with Crippen LogP contribution in [0, 0.1) is 0 Å². The second kappa shape index (κ2) is 11.5. The first kappa shape index (κ1) is 21.2. The van der Waals surface area contributed by atoms with Gasteiger partial charge in [-0.1, -0.05) is 19.1 Å². The van der Waals surface area contributed by atoms with Crippen LogP contribution in [-0.4, -0.2) is 57.1 Å².